The molecule has 0 unspecified atom stereocenters. The number of aromatic nitrogens is 1. The van der Waals surface area contributed by atoms with Gasteiger partial charge in [0.05, 0.1) is 21.3 Å². The number of benzene rings is 1. The molecular formula is C15H17ClN4O5S. The van der Waals surface area contributed by atoms with Crippen LogP contribution in [0.5, 0.6) is 0 Å². The Morgan fingerprint density at radius 1 is 1.31 bits per heavy atom. The maximum Gasteiger partial charge on any atom is 0.273 e. The average Bonchev–Trinajstić information content (AvgIpc) is 3.08. The van der Waals surface area contributed by atoms with Crippen molar-refractivity contribution >= 4 is 33.0 Å². The van der Waals surface area contributed by atoms with Crippen LogP contribution in [0.15, 0.2) is 29.0 Å². The molecule has 0 amide bonds. The molecule has 2 aromatic rings. The van der Waals surface area contributed by atoms with E-state index in [4.69, 9.17) is 11.6 Å². The van der Waals surface area contributed by atoms with Gasteiger partial charge in [-0.05, 0) is 13.0 Å². The van der Waals surface area contributed by atoms with Gasteiger partial charge in [0.25, 0.3) is 5.69 Å². The fraction of sp³-hybridized carbons (Fsp3) is 0.400. The molecule has 0 radical (unpaired) electrons. The molecule has 0 atom stereocenters. The molecule has 0 saturated carbocycles. The normalized spacial score (nSPS) is 16.0. The van der Waals surface area contributed by atoms with E-state index in [0.29, 0.717) is 43.1 Å². The van der Waals surface area contributed by atoms with Crippen LogP contribution in [-0.4, -0.2) is 49.0 Å². The predicted octanol–water partition coefficient (Wildman–Crippen LogP) is 2.20. The van der Waals surface area contributed by atoms with Crippen molar-refractivity contribution in [3.8, 4) is 0 Å². The van der Waals surface area contributed by atoms with Gasteiger partial charge in [0, 0.05) is 43.9 Å². The summed E-state index contributed by atoms with van der Waals surface area (Å²) >= 11 is 6.20. The number of piperazine rings is 1. The highest BCUT2D eigenvalue weighted by atomic mass is 35.5. The van der Waals surface area contributed by atoms with Gasteiger partial charge in [-0.25, -0.2) is 8.42 Å². The van der Waals surface area contributed by atoms with E-state index in [9.17, 15) is 18.5 Å². The summed E-state index contributed by atoms with van der Waals surface area (Å²) in [5.41, 5.74) is 1.51. The van der Waals surface area contributed by atoms with Gasteiger partial charge in [-0.15, -0.1) is 0 Å². The van der Waals surface area contributed by atoms with Crippen molar-refractivity contribution in [1.82, 2.24) is 9.46 Å². The summed E-state index contributed by atoms with van der Waals surface area (Å²) in [6.45, 7) is 3.12. The molecule has 0 N–H and O–H groups in total. The molecule has 1 fully saturated rings. The van der Waals surface area contributed by atoms with E-state index < -0.39 is 14.9 Å². The van der Waals surface area contributed by atoms with Crippen LogP contribution in [0, 0.1) is 17.0 Å². The van der Waals surface area contributed by atoms with Gasteiger partial charge in [0.1, 0.15) is 12.0 Å². The molecule has 1 saturated heterocycles. The number of hydrogen-bond donors (Lipinski definition) is 0. The lowest BCUT2D eigenvalue weighted by Gasteiger charge is -2.35. The van der Waals surface area contributed by atoms with Gasteiger partial charge in [0.15, 0.2) is 0 Å². The summed E-state index contributed by atoms with van der Waals surface area (Å²) in [5, 5.41) is 14.9. The molecule has 1 aliphatic heterocycles. The summed E-state index contributed by atoms with van der Waals surface area (Å²) < 4.78 is 31.0. The quantitative estimate of drug-likeness (QED) is 0.558. The van der Waals surface area contributed by atoms with E-state index in [1.54, 1.807) is 13.0 Å². The van der Waals surface area contributed by atoms with Crippen molar-refractivity contribution in [3.05, 3.63) is 50.9 Å². The van der Waals surface area contributed by atoms with Crippen molar-refractivity contribution in [3.63, 3.8) is 0 Å². The van der Waals surface area contributed by atoms with E-state index in [2.05, 4.69) is 9.68 Å². The second kappa shape index (κ2) is 7.22. The van der Waals surface area contributed by atoms with Crippen LogP contribution in [-0.2, 0) is 15.8 Å². The molecule has 1 aliphatic rings. The maximum atomic E-state index is 12.5. The van der Waals surface area contributed by atoms with Crippen LogP contribution in [0.2, 0.25) is 5.02 Å². The van der Waals surface area contributed by atoms with Gasteiger partial charge in [0.2, 0.25) is 10.0 Å². The number of rotatable bonds is 5. The molecule has 9 nitrogen and oxygen atoms in total. The lowest BCUT2D eigenvalue weighted by Crippen LogP contribution is -2.49. The number of nitro benzene ring substituents is 1. The van der Waals surface area contributed by atoms with Crippen LogP contribution in [0.4, 0.5) is 11.4 Å². The first-order valence-corrected chi connectivity index (χ1v) is 9.83. The largest absolute Gasteiger partial charge is 0.368 e. The number of nitrogens with zero attached hydrogens (tertiary/aromatic N) is 4. The Balaban J connectivity index is 1.71. The minimum absolute atomic E-state index is 0.0347. The van der Waals surface area contributed by atoms with Crippen molar-refractivity contribution in [2.24, 2.45) is 0 Å². The van der Waals surface area contributed by atoms with Crippen LogP contribution in [0.1, 0.15) is 11.3 Å². The Morgan fingerprint density at radius 3 is 2.58 bits per heavy atom. The first kappa shape index (κ1) is 18.6. The molecule has 26 heavy (non-hydrogen) atoms. The molecule has 2 heterocycles. The Morgan fingerprint density at radius 2 is 2.00 bits per heavy atom. The molecule has 0 spiro atoms. The highest BCUT2D eigenvalue weighted by molar-refractivity contribution is 7.88. The van der Waals surface area contributed by atoms with E-state index >= 15 is 0 Å². The molecule has 1 aromatic heterocycles. The van der Waals surface area contributed by atoms with Crippen LogP contribution in [0.25, 0.3) is 0 Å². The summed E-state index contributed by atoms with van der Waals surface area (Å²) in [6.07, 6.45) is 1.34. The minimum Gasteiger partial charge on any atom is -0.368 e. The van der Waals surface area contributed by atoms with E-state index in [1.807, 2.05) is 4.90 Å². The number of sulfonamides is 1. The Labute approximate surface area is 155 Å². The smallest absolute Gasteiger partial charge is 0.273 e. The van der Waals surface area contributed by atoms with Crippen LogP contribution >= 0.6 is 11.6 Å². The van der Waals surface area contributed by atoms with Gasteiger partial charge in [-0.1, -0.05) is 16.8 Å². The Hall–Kier alpha value is -2.17. The molecule has 3 rings (SSSR count). The molecule has 11 heteroatoms. The second-order valence-corrected chi connectivity index (χ2v) is 8.36. The number of aryl methyl sites for hydroxylation is 1. The van der Waals surface area contributed by atoms with Gasteiger partial charge >= 0.3 is 0 Å². The standard InChI is InChI=1S/C15H17ClN4O5S/c1-11-8-15(13(16)9-14(11)20(21)22)18-3-5-19(6-4-18)26(23,24)10-12-2-7-25-17-12/h2,7-9H,3-6,10H2,1H3. The zero-order valence-electron chi connectivity index (χ0n) is 14.0. The van der Waals surface area contributed by atoms with E-state index in [-0.39, 0.29) is 16.5 Å². The monoisotopic (exact) mass is 400 g/mol. The molecule has 0 aliphatic carbocycles. The lowest BCUT2D eigenvalue weighted by molar-refractivity contribution is -0.385. The molecule has 140 valence electrons. The molecule has 0 bridgehead atoms. The van der Waals surface area contributed by atoms with Crippen LogP contribution in [0.3, 0.4) is 0 Å². The first-order valence-electron chi connectivity index (χ1n) is 7.84. The third-order valence-corrected chi connectivity index (χ3v) is 6.37. The number of nitro groups is 1. The fourth-order valence-electron chi connectivity index (χ4n) is 2.89. The van der Waals surface area contributed by atoms with Crippen molar-refractivity contribution in [2.45, 2.75) is 12.7 Å². The van der Waals surface area contributed by atoms with Crippen molar-refractivity contribution in [1.29, 1.82) is 0 Å². The van der Waals surface area contributed by atoms with Gasteiger partial charge < -0.3 is 9.42 Å². The average molecular weight is 401 g/mol. The van der Waals surface area contributed by atoms with Gasteiger partial charge in [-0.3, -0.25) is 10.1 Å². The highest BCUT2D eigenvalue weighted by Gasteiger charge is 2.29. The minimum atomic E-state index is -3.49. The van der Waals surface area contributed by atoms with Crippen molar-refractivity contribution < 1.29 is 17.9 Å². The highest BCUT2D eigenvalue weighted by Crippen LogP contribution is 2.33. The number of halogens is 1. The van der Waals surface area contributed by atoms with E-state index in [0.717, 1.165) is 0 Å². The molecule has 1 aromatic carbocycles. The Kier molecular flexibility index (Phi) is 5.17. The number of anilines is 1. The summed E-state index contributed by atoms with van der Waals surface area (Å²) in [6, 6.07) is 4.52. The fourth-order valence-corrected chi connectivity index (χ4v) is 4.59. The molecular weight excluding hydrogens is 384 g/mol. The maximum absolute atomic E-state index is 12.5. The lowest BCUT2D eigenvalue weighted by atomic mass is 10.1. The SMILES string of the molecule is Cc1cc(N2CCN(S(=O)(=O)Cc3ccon3)CC2)c(Cl)cc1[N+](=O)[O-]. The number of hydrogen-bond acceptors (Lipinski definition) is 7. The zero-order valence-corrected chi connectivity index (χ0v) is 15.5. The third-order valence-electron chi connectivity index (χ3n) is 4.26. The summed E-state index contributed by atoms with van der Waals surface area (Å²) in [4.78, 5) is 12.5. The van der Waals surface area contributed by atoms with Crippen LogP contribution < -0.4 is 4.90 Å². The van der Waals surface area contributed by atoms with Gasteiger partial charge in [-0.2, -0.15) is 4.31 Å². The summed E-state index contributed by atoms with van der Waals surface area (Å²) in [5.74, 6) is -0.207. The first-order chi connectivity index (χ1) is 12.3. The predicted molar refractivity (Wildman–Crippen MR) is 95.8 cm³/mol. The zero-order chi connectivity index (χ0) is 18.9. The topological polar surface area (TPSA) is 110 Å². The summed E-state index contributed by atoms with van der Waals surface area (Å²) in [7, 11) is -3.49. The van der Waals surface area contributed by atoms with E-state index in [1.165, 1.54) is 22.7 Å². The third kappa shape index (κ3) is 3.81. The Bertz CT molecular complexity index is 908. The van der Waals surface area contributed by atoms with Crippen molar-refractivity contribution in [2.75, 3.05) is 31.1 Å². The second-order valence-electron chi connectivity index (χ2n) is 5.98.